The van der Waals surface area contributed by atoms with Crippen molar-refractivity contribution in [3.8, 4) is 17.1 Å². The Balaban J connectivity index is 2.11. The molecule has 3 N–H and O–H groups in total. The van der Waals surface area contributed by atoms with Gasteiger partial charge in [0, 0.05) is 20.1 Å². The number of nitrogens with one attached hydrogen (secondary N) is 3. The summed E-state index contributed by atoms with van der Waals surface area (Å²) in [5.41, 5.74) is 1.66. The molecule has 0 aliphatic heterocycles. The van der Waals surface area contributed by atoms with Gasteiger partial charge in [-0.1, -0.05) is 20.3 Å². The number of ether oxygens (including phenoxy) is 1. The number of nitrogens with zero attached hydrogens (tertiary/aromatic N) is 3. The molecule has 0 radical (unpaired) electrons. The average molecular weight is 463 g/mol. The fourth-order valence-electron chi connectivity index (χ4n) is 3.46. The van der Waals surface area contributed by atoms with E-state index in [0.717, 1.165) is 18.7 Å². The van der Waals surface area contributed by atoms with Crippen LogP contribution in [0.4, 0.5) is 0 Å². The molecule has 3 rings (SSSR count). The summed E-state index contributed by atoms with van der Waals surface area (Å²) in [5, 5.41) is 7.50. The Morgan fingerprint density at radius 3 is 2.66 bits per heavy atom. The van der Waals surface area contributed by atoms with Crippen molar-refractivity contribution in [2.24, 2.45) is 7.05 Å². The summed E-state index contributed by atoms with van der Waals surface area (Å²) in [6, 6.07) is 4.53. The van der Waals surface area contributed by atoms with E-state index in [9.17, 15) is 13.2 Å². The van der Waals surface area contributed by atoms with Gasteiger partial charge < -0.3 is 15.0 Å². The van der Waals surface area contributed by atoms with Gasteiger partial charge in [-0.05, 0) is 38.1 Å². The number of aromatic nitrogens is 4. The molecule has 11 heteroatoms. The van der Waals surface area contributed by atoms with Crippen molar-refractivity contribution >= 4 is 21.1 Å². The fraction of sp³-hybridized carbons (Fsp3) is 0.476. The number of rotatable bonds is 11. The highest BCUT2D eigenvalue weighted by molar-refractivity contribution is 7.89. The van der Waals surface area contributed by atoms with E-state index in [2.05, 4.69) is 25.1 Å². The monoisotopic (exact) mass is 462 g/mol. The number of likely N-dealkylation sites (N-methyl/N-ethyl adjacent to an activating group) is 1. The summed E-state index contributed by atoms with van der Waals surface area (Å²) in [6.45, 7) is 7.72. The Morgan fingerprint density at radius 1 is 1.19 bits per heavy atom. The molecule has 0 saturated heterocycles. The zero-order chi connectivity index (χ0) is 23.3. The van der Waals surface area contributed by atoms with Crippen molar-refractivity contribution in [1.29, 1.82) is 0 Å². The fourth-order valence-corrected chi connectivity index (χ4v) is 4.51. The quantitative estimate of drug-likeness (QED) is 0.369. The predicted octanol–water partition coefficient (Wildman–Crippen LogP) is 1.56. The SMILES string of the molecule is CCCc1nn(C)c2c(=O)[nH]c(-c3cc(S(=O)(=O)NCCNCC)ccc3OCC)nc12. The van der Waals surface area contributed by atoms with Crippen LogP contribution in [-0.4, -0.2) is 54.4 Å². The molecule has 0 saturated carbocycles. The summed E-state index contributed by atoms with van der Waals surface area (Å²) in [5.74, 6) is 0.670. The van der Waals surface area contributed by atoms with Gasteiger partial charge in [-0.25, -0.2) is 18.1 Å². The molecule has 174 valence electrons. The minimum absolute atomic E-state index is 0.0650. The molecule has 0 aliphatic carbocycles. The van der Waals surface area contributed by atoms with Crippen LogP contribution in [0, 0.1) is 0 Å². The van der Waals surface area contributed by atoms with Crippen LogP contribution in [0.1, 0.15) is 32.9 Å². The highest BCUT2D eigenvalue weighted by Crippen LogP contribution is 2.31. The third kappa shape index (κ3) is 5.00. The van der Waals surface area contributed by atoms with Gasteiger partial charge in [0.2, 0.25) is 10.0 Å². The molecule has 0 amide bonds. The first kappa shape index (κ1) is 23.9. The molecule has 2 heterocycles. The zero-order valence-corrected chi connectivity index (χ0v) is 19.7. The second-order valence-electron chi connectivity index (χ2n) is 7.27. The Morgan fingerprint density at radius 2 is 1.97 bits per heavy atom. The highest BCUT2D eigenvalue weighted by atomic mass is 32.2. The molecule has 0 atom stereocenters. The number of H-pyrrole nitrogens is 1. The summed E-state index contributed by atoms with van der Waals surface area (Å²) in [4.78, 5) is 20.3. The van der Waals surface area contributed by atoms with E-state index in [1.807, 2.05) is 20.8 Å². The molecule has 32 heavy (non-hydrogen) atoms. The molecule has 0 bridgehead atoms. The van der Waals surface area contributed by atoms with Crippen LogP contribution in [0.2, 0.25) is 0 Å². The first-order chi connectivity index (χ1) is 15.3. The van der Waals surface area contributed by atoms with Gasteiger partial charge in [0.15, 0.2) is 5.52 Å². The number of benzene rings is 1. The normalized spacial score (nSPS) is 11.9. The molecule has 1 aromatic carbocycles. The number of aryl methyl sites for hydroxylation is 2. The van der Waals surface area contributed by atoms with Crippen LogP contribution >= 0.6 is 0 Å². The summed E-state index contributed by atoms with van der Waals surface area (Å²) < 4.78 is 35.4. The minimum atomic E-state index is -3.75. The molecular weight excluding hydrogens is 432 g/mol. The molecule has 2 aromatic heterocycles. The average Bonchev–Trinajstić information content (AvgIpc) is 3.07. The van der Waals surface area contributed by atoms with Crippen LogP contribution in [0.15, 0.2) is 27.9 Å². The van der Waals surface area contributed by atoms with Crippen molar-refractivity contribution in [2.75, 3.05) is 26.2 Å². The Bertz CT molecular complexity index is 1250. The van der Waals surface area contributed by atoms with Gasteiger partial charge >= 0.3 is 0 Å². The Kier molecular flexibility index (Phi) is 7.64. The highest BCUT2D eigenvalue weighted by Gasteiger charge is 2.21. The minimum Gasteiger partial charge on any atom is -0.493 e. The van der Waals surface area contributed by atoms with Crippen LogP contribution < -0.4 is 20.3 Å². The van der Waals surface area contributed by atoms with Crippen molar-refractivity contribution in [3.05, 3.63) is 34.2 Å². The first-order valence-corrected chi connectivity index (χ1v) is 12.2. The predicted molar refractivity (Wildman–Crippen MR) is 123 cm³/mol. The number of hydrogen-bond donors (Lipinski definition) is 3. The third-order valence-corrected chi connectivity index (χ3v) is 6.37. The maximum Gasteiger partial charge on any atom is 0.277 e. The molecule has 3 aromatic rings. The van der Waals surface area contributed by atoms with E-state index in [1.165, 1.54) is 16.8 Å². The third-order valence-electron chi connectivity index (χ3n) is 4.91. The number of fused-ring (bicyclic) bond motifs is 1. The van der Waals surface area contributed by atoms with Crippen LogP contribution in [0.3, 0.4) is 0 Å². The van der Waals surface area contributed by atoms with E-state index < -0.39 is 10.0 Å². The first-order valence-electron chi connectivity index (χ1n) is 10.8. The summed E-state index contributed by atoms with van der Waals surface area (Å²) in [6.07, 6.45) is 1.53. The summed E-state index contributed by atoms with van der Waals surface area (Å²) in [7, 11) is -2.05. The van der Waals surface area contributed by atoms with E-state index in [0.29, 0.717) is 41.9 Å². The van der Waals surface area contributed by atoms with Crippen LogP contribution in [0.25, 0.3) is 22.4 Å². The van der Waals surface area contributed by atoms with E-state index in [1.54, 1.807) is 13.1 Å². The smallest absolute Gasteiger partial charge is 0.277 e. The lowest BCUT2D eigenvalue weighted by Crippen LogP contribution is -2.31. The van der Waals surface area contributed by atoms with Crippen molar-refractivity contribution in [3.63, 3.8) is 0 Å². The van der Waals surface area contributed by atoms with Crippen LogP contribution in [-0.2, 0) is 23.5 Å². The van der Waals surface area contributed by atoms with E-state index >= 15 is 0 Å². The van der Waals surface area contributed by atoms with Gasteiger partial charge in [-0.2, -0.15) is 5.10 Å². The second-order valence-corrected chi connectivity index (χ2v) is 9.04. The molecular formula is C21H30N6O4S. The lowest BCUT2D eigenvalue weighted by atomic mass is 10.1. The van der Waals surface area contributed by atoms with Gasteiger partial charge in [0.25, 0.3) is 5.56 Å². The second kappa shape index (κ2) is 10.2. The van der Waals surface area contributed by atoms with Gasteiger partial charge in [0.05, 0.1) is 22.8 Å². The maximum absolute atomic E-state index is 12.8. The molecule has 0 unspecified atom stereocenters. The standard InChI is InChI=1S/C21H30N6O4S/c1-5-8-16-18-19(27(4)26-16)21(28)25-20(24-18)15-13-14(9-10-17(15)31-7-3)32(29,30)23-12-11-22-6-2/h9-10,13,22-23H,5-8,11-12H2,1-4H3,(H,24,25,28). The molecule has 0 fully saturated rings. The van der Waals surface area contributed by atoms with E-state index in [-0.39, 0.29) is 22.8 Å². The topological polar surface area (TPSA) is 131 Å². The summed E-state index contributed by atoms with van der Waals surface area (Å²) >= 11 is 0. The number of sulfonamides is 1. The Labute approximate surface area is 187 Å². The zero-order valence-electron chi connectivity index (χ0n) is 18.9. The largest absolute Gasteiger partial charge is 0.493 e. The van der Waals surface area contributed by atoms with Crippen LogP contribution in [0.5, 0.6) is 5.75 Å². The maximum atomic E-state index is 12.8. The lowest BCUT2D eigenvalue weighted by molar-refractivity contribution is 0.341. The molecule has 0 aliphatic rings. The lowest BCUT2D eigenvalue weighted by Gasteiger charge is -2.13. The number of aromatic amines is 1. The Hall–Kier alpha value is -2.76. The van der Waals surface area contributed by atoms with Gasteiger partial charge in [-0.15, -0.1) is 0 Å². The number of hydrogen-bond acceptors (Lipinski definition) is 7. The van der Waals surface area contributed by atoms with E-state index in [4.69, 9.17) is 4.74 Å². The van der Waals surface area contributed by atoms with Crippen molar-refractivity contribution in [1.82, 2.24) is 29.8 Å². The molecule has 0 spiro atoms. The molecule has 10 nitrogen and oxygen atoms in total. The van der Waals surface area contributed by atoms with Crippen molar-refractivity contribution < 1.29 is 13.2 Å². The van der Waals surface area contributed by atoms with Gasteiger partial charge in [0.1, 0.15) is 17.1 Å². The van der Waals surface area contributed by atoms with Gasteiger partial charge in [-0.3, -0.25) is 9.48 Å². The van der Waals surface area contributed by atoms with Crippen molar-refractivity contribution in [2.45, 2.75) is 38.5 Å².